The van der Waals surface area contributed by atoms with Crippen molar-refractivity contribution in [2.24, 2.45) is 0 Å². The van der Waals surface area contributed by atoms with Crippen LogP contribution in [0.25, 0.3) is 0 Å². The molecule has 30 heavy (non-hydrogen) atoms. The van der Waals surface area contributed by atoms with Crippen molar-refractivity contribution in [2.45, 2.75) is 6.61 Å². The lowest BCUT2D eigenvalue weighted by molar-refractivity contribution is -0.114. The van der Waals surface area contributed by atoms with E-state index in [1.54, 1.807) is 7.11 Å². The van der Waals surface area contributed by atoms with E-state index in [0.29, 0.717) is 31.3 Å². The molecule has 0 heterocycles. The normalized spacial score (nSPS) is 10.3. The van der Waals surface area contributed by atoms with Crippen molar-refractivity contribution in [2.75, 3.05) is 37.5 Å². The van der Waals surface area contributed by atoms with Gasteiger partial charge in [0.1, 0.15) is 24.7 Å². The molecule has 6 nitrogen and oxygen atoms in total. The molecule has 0 spiro atoms. The van der Waals surface area contributed by atoms with Crippen LogP contribution in [0, 0.1) is 0 Å². The van der Waals surface area contributed by atoms with Gasteiger partial charge in [-0.05, 0) is 42.0 Å². The van der Waals surface area contributed by atoms with Crippen molar-refractivity contribution >= 4 is 17.3 Å². The smallest absolute Gasteiger partial charge is 0.243 e. The lowest BCUT2D eigenvalue weighted by atomic mass is 10.2. The highest BCUT2D eigenvalue weighted by Crippen LogP contribution is 2.24. The van der Waals surface area contributed by atoms with Crippen LogP contribution in [-0.2, 0) is 16.1 Å². The van der Waals surface area contributed by atoms with Crippen LogP contribution in [0.5, 0.6) is 11.5 Å². The van der Waals surface area contributed by atoms with Gasteiger partial charge < -0.3 is 24.8 Å². The Morgan fingerprint density at radius 1 is 0.833 bits per heavy atom. The number of anilines is 2. The van der Waals surface area contributed by atoms with Gasteiger partial charge in [-0.1, -0.05) is 42.5 Å². The number of para-hydroxylation sites is 2. The van der Waals surface area contributed by atoms with Gasteiger partial charge in [0.25, 0.3) is 0 Å². The minimum absolute atomic E-state index is 0.136. The Morgan fingerprint density at radius 3 is 2.33 bits per heavy atom. The highest BCUT2D eigenvalue weighted by molar-refractivity contribution is 5.95. The summed E-state index contributed by atoms with van der Waals surface area (Å²) in [6.45, 7) is 1.61. The Labute approximate surface area is 176 Å². The molecule has 0 aliphatic rings. The second kappa shape index (κ2) is 11.5. The third kappa shape index (κ3) is 6.83. The topological polar surface area (TPSA) is 68.8 Å². The third-order valence-corrected chi connectivity index (χ3v) is 4.26. The minimum Gasteiger partial charge on any atom is -0.491 e. The van der Waals surface area contributed by atoms with E-state index in [9.17, 15) is 4.79 Å². The first-order valence-corrected chi connectivity index (χ1v) is 9.76. The number of nitrogens with one attached hydrogen (secondary N) is 2. The van der Waals surface area contributed by atoms with Crippen LogP contribution in [0.4, 0.5) is 11.4 Å². The van der Waals surface area contributed by atoms with Gasteiger partial charge in [0.15, 0.2) is 0 Å². The zero-order valence-corrected chi connectivity index (χ0v) is 17.0. The summed E-state index contributed by atoms with van der Waals surface area (Å²) in [5, 5.41) is 6.00. The number of amides is 1. The molecule has 0 fully saturated rings. The molecule has 3 aromatic carbocycles. The predicted octanol–water partition coefficient (Wildman–Crippen LogP) is 4.34. The summed E-state index contributed by atoms with van der Waals surface area (Å²) in [6.07, 6.45) is 0. The van der Waals surface area contributed by atoms with E-state index in [1.165, 1.54) is 0 Å². The molecule has 3 rings (SSSR count). The van der Waals surface area contributed by atoms with Gasteiger partial charge in [-0.15, -0.1) is 0 Å². The maximum atomic E-state index is 12.4. The van der Waals surface area contributed by atoms with Crippen molar-refractivity contribution < 1.29 is 19.0 Å². The Balaban J connectivity index is 1.49. The molecule has 0 atom stereocenters. The number of hydrogen-bond donors (Lipinski definition) is 2. The number of carbonyl (C=O) groups is 1. The van der Waals surface area contributed by atoms with E-state index < -0.39 is 0 Å². The third-order valence-electron chi connectivity index (χ3n) is 4.26. The van der Waals surface area contributed by atoms with Crippen molar-refractivity contribution in [3.8, 4) is 11.5 Å². The number of carbonyl (C=O) groups excluding carboxylic acids is 1. The van der Waals surface area contributed by atoms with Crippen LogP contribution < -0.4 is 20.1 Å². The Morgan fingerprint density at radius 2 is 1.57 bits per heavy atom. The zero-order chi connectivity index (χ0) is 21.0. The summed E-state index contributed by atoms with van der Waals surface area (Å²) in [4.78, 5) is 12.4. The molecule has 2 N–H and O–H groups in total. The first-order valence-electron chi connectivity index (χ1n) is 9.76. The molecule has 0 aliphatic heterocycles. The highest BCUT2D eigenvalue weighted by atomic mass is 16.5. The van der Waals surface area contributed by atoms with Crippen LogP contribution in [0.3, 0.4) is 0 Å². The van der Waals surface area contributed by atoms with Gasteiger partial charge in [-0.2, -0.15) is 0 Å². The Bertz CT molecular complexity index is 914. The number of rotatable bonds is 11. The first-order chi connectivity index (χ1) is 14.7. The average Bonchev–Trinajstić information content (AvgIpc) is 2.79. The molecule has 3 aromatic rings. The van der Waals surface area contributed by atoms with Crippen LogP contribution in [-0.4, -0.2) is 32.8 Å². The summed E-state index contributed by atoms with van der Waals surface area (Å²) in [5.74, 6) is 1.23. The molecular formula is C24H26N2O4. The lowest BCUT2D eigenvalue weighted by Gasteiger charge is -2.13. The maximum Gasteiger partial charge on any atom is 0.243 e. The molecule has 0 saturated carbocycles. The molecule has 0 aliphatic carbocycles. The number of hydrogen-bond acceptors (Lipinski definition) is 5. The Hall–Kier alpha value is -3.51. The maximum absolute atomic E-state index is 12.4. The van der Waals surface area contributed by atoms with Crippen molar-refractivity contribution in [3.05, 3.63) is 84.4 Å². The SMILES string of the molecule is COCCOc1ccc(NCC(=O)Nc2ccccc2OCc2ccccc2)cc1. The van der Waals surface area contributed by atoms with Crippen molar-refractivity contribution in [1.29, 1.82) is 0 Å². The summed E-state index contributed by atoms with van der Waals surface area (Å²) in [7, 11) is 1.63. The second-order valence-electron chi connectivity index (χ2n) is 6.54. The summed E-state index contributed by atoms with van der Waals surface area (Å²) < 4.78 is 16.4. The molecule has 0 bridgehead atoms. The summed E-state index contributed by atoms with van der Waals surface area (Å²) >= 11 is 0. The number of benzene rings is 3. The van der Waals surface area contributed by atoms with E-state index in [0.717, 1.165) is 17.0 Å². The fourth-order valence-electron chi connectivity index (χ4n) is 2.72. The molecular weight excluding hydrogens is 380 g/mol. The first kappa shape index (κ1) is 21.2. The molecule has 6 heteroatoms. The minimum atomic E-state index is -0.161. The van der Waals surface area contributed by atoms with Crippen molar-refractivity contribution in [1.82, 2.24) is 0 Å². The number of methoxy groups -OCH3 is 1. The molecule has 0 unspecified atom stereocenters. The lowest BCUT2D eigenvalue weighted by Crippen LogP contribution is -2.22. The van der Waals surface area contributed by atoms with Gasteiger partial charge in [-0.3, -0.25) is 4.79 Å². The average molecular weight is 406 g/mol. The second-order valence-corrected chi connectivity index (χ2v) is 6.54. The van der Waals surface area contributed by atoms with Gasteiger partial charge in [0, 0.05) is 12.8 Å². The van der Waals surface area contributed by atoms with E-state index in [1.807, 2.05) is 78.9 Å². The van der Waals surface area contributed by atoms with E-state index >= 15 is 0 Å². The van der Waals surface area contributed by atoms with E-state index in [2.05, 4.69) is 10.6 Å². The highest BCUT2D eigenvalue weighted by Gasteiger charge is 2.08. The molecule has 0 radical (unpaired) electrons. The van der Waals surface area contributed by atoms with Gasteiger partial charge in [0.2, 0.25) is 5.91 Å². The van der Waals surface area contributed by atoms with E-state index in [-0.39, 0.29) is 12.5 Å². The molecule has 156 valence electrons. The fraction of sp³-hybridized carbons (Fsp3) is 0.208. The zero-order valence-electron chi connectivity index (χ0n) is 17.0. The van der Waals surface area contributed by atoms with Crippen molar-refractivity contribution in [3.63, 3.8) is 0 Å². The van der Waals surface area contributed by atoms with Crippen LogP contribution >= 0.6 is 0 Å². The van der Waals surface area contributed by atoms with Gasteiger partial charge >= 0.3 is 0 Å². The predicted molar refractivity (Wildman–Crippen MR) is 118 cm³/mol. The Kier molecular flexibility index (Phi) is 8.12. The molecule has 1 amide bonds. The fourth-order valence-corrected chi connectivity index (χ4v) is 2.72. The summed E-state index contributed by atoms with van der Waals surface area (Å²) in [6, 6.07) is 24.7. The van der Waals surface area contributed by atoms with Crippen LogP contribution in [0.2, 0.25) is 0 Å². The standard InChI is InChI=1S/C24H26N2O4/c1-28-15-16-29-21-13-11-20(12-14-21)25-17-24(27)26-22-9-5-6-10-23(22)30-18-19-7-3-2-4-8-19/h2-14,25H,15-18H2,1H3,(H,26,27). The number of ether oxygens (including phenoxy) is 3. The monoisotopic (exact) mass is 406 g/mol. The molecule has 0 saturated heterocycles. The molecule has 0 aromatic heterocycles. The summed E-state index contributed by atoms with van der Waals surface area (Å²) in [5.41, 5.74) is 2.54. The van der Waals surface area contributed by atoms with Crippen LogP contribution in [0.1, 0.15) is 5.56 Å². The van der Waals surface area contributed by atoms with E-state index in [4.69, 9.17) is 14.2 Å². The largest absolute Gasteiger partial charge is 0.491 e. The van der Waals surface area contributed by atoms with Gasteiger partial charge in [0.05, 0.1) is 18.8 Å². The quantitative estimate of drug-likeness (QED) is 0.464. The van der Waals surface area contributed by atoms with Crippen LogP contribution in [0.15, 0.2) is 78.9 Å². The van der Waals surface area contributed by atoms with Gasteiger partial charge in [-0.25, -0.2) is 0 Å².